The highest BCUT2D eigenvalue weighted by Crippen LogP contribution is 2.13. The molecule has 0 heterocycles. The van der Waals surface area contributed by atoms with Crippen LogP contribution in [0.5, 0.6) is 0 Å². The lowest BCUT2D eigenvalue weighted by molar-refractivity contribution is -0.141. The van der Waals surface area contributed by atoms with Gasteiger partial charge in [0.25, 0.3) is 0 Å². The van der Waals surface area contributed by atoms with Crippen LogP contribution < -0.4 is 5.32 Å². The van der Waals surface area contributed by atoms with Crippen LogP contribution in [0.4, 0.5) is 0 Å². The van der Waals surface area contributed by atoms with Crippen molar-refractivity contribution >= 4 is 37.6 Å². The van der Waals surface area contributed by atoms with Crippen molar-refractivity contribution in [3.8, 4) is 0 Å². The molecule has 1 atom stereocenters. The number of rotatable bonds is 7. The Morgan fingerprint density at radius 1 is 1.29 bits per heavy atom. The Bertz CT molecular complexity index is 612. The van der Waals surface area contributed by atoms with E-state index in [9.17, 15) is 18.0 Å². The van der Waals surface area contributed by atoms with Crippen molar-refractivity contribution in [1.29, 1.82) is 0 Å². The normalized spacial score (nSPS) is 12.7. The third-order valence-corrected chi connectivity index (χ3v) is 4.70. The van der Waals surface area contributed by atoms with E-state index in [1.165, 1.54) is 0 Å². The molecule has 0 saturated carbocycles. The van der Waals surface area contributed by atoms with Gasteiger partial charge in [-0.3, -0.25) is 4.79 Å². The number of halogens is 1. The zero-order valence-electron chi connectivity index (χ0n) is 11.4. The lowest BCUT2D eigenvalue weighted by Crippen LogP contribution is -2.43. The van der Waals surface area contributed by atoms with Crippen LogP contribution >= 0.6 is 15.9 Å². The lowest BCUT2D eigenvalue weighted by atomic mass is 10.2. The Kier molecular flexibility index (Phi) is 6.35. The van der Waals surface area contributed by atoms with Crippen molar-refractivity contribution in [2.75, 3.05) is 5.75 Å². The highest BCUT2D eigenvalue weighted by Gasteiger charge is 2.22. The second kappa shape index (κ2) is 7.56. The van der Waals surface area contributed by atoms with Crippen LogP contribution in [0.25, 0.3) is 0 Å². The minimum atomic E-state index is -3.65. The van der Waals surface area contributed by atoms with Crippen LogP contribution in [0.1, 0.15) is 18.9 Å². The van der Waals surface area contributed by atoms with E-state index in [1.807, 2.05) is 0 Å². The Labute approximate surface area is 131 Å². The summed E-state index contributed by atoms with van der Waals surface area (Å²) in [5.74, 6) is -2.98. The van der Waals surface area contributed by atoms with E-state index in [0.29, 0.717) is 5.56 Å². The standard InChI is InChI=1S/C13H16BrNO5S/c1-2-11(13(17)18)15-12(16)8-21(19,20)7-9-3-5-10(14)6-4-9/h3-6,11H,2,7-8H2,1H3,(H,15,16)(H,17,18). The maximum atomic E-state index is 11.9. The molecule has 1 rings (SSSR count). The van der Waals surface area contributed by atoms with Gasteiger partial charge in [-0.2, -0.15) is 0 Å². The van der Waals surface area contributed by atoms with Gasteiger partial charge in [-0.05, 0) is 24.1 Å². The van der Waals surface area contributed by atoms with Gasteiger partial charge in [0.05, 0.1) is 5.75 Å². The third kappa shape index (κ3) is 6.26. The van der Waals surface area contributed by atoms with Crippen LogP contribution in [0.3, 0.4) is 0 Å². The number of carbonyl (C=O) groups is 2. The fourth-order valence-electron chi connectivity index (χ4n) is 1.66. The molecule has 1 aromatic rings. The predicted molar refractivity (Wildman–Crippen MR) is 81.5 cm³/mol. The van der Waals surface area contributed by atoms with Crippen molar-refractivity contribution in [1.82, 2.24) is 5.32 Å². The topological polar surface area (TPSA) is 101 Å². The smallest absolute Gasteiger partial charge is 0.326 e. The van der Waals surface area contributed by atoms with Crippen molar-refractivity contribution in [2.45, 2.75) is 25.1 Å². The first kappa shape index (κ1) is 17.6. The maximum Gasteiger partial charge on any atom is 0.326 e. The highest BCUT2D eigenvalue weighted by molar-refractivity contribution is 9.10. The SMILES string of the molecule is CCC(NC(=O)CS(=O)(=O)Cc1ccc(Br)cc1)C(=O)O. The lowest BCUT2D eigenvalue weighted by Gasteiger charge is -2.12. The molecule has 0 aliphatic heterocycles. The molecule has 2 N–H and O–H groups in total. The minimum Gasteiger partial charge on any atom is -0.480 e. The molecule has 8 heteroatoms. The van der Waals surface area contributed by atoms with Gasteiger partial charge in [0.2, 0.25) is 5.91 Å². The van der Waals surface area contributed by atoms with Crippen molar-refractivity contribution in [3.63, 3.8) is 0 Å². The van der Waals surface area contributed by atoms with E-state index >= 15 is 0 Å². The van der Waals surface area contributed by atoms with Gasteiger partial charge in [-0.15, -0.1) is 0 Å². The number of amides is 1. The molecule has 21 heavy (non-hydrogen) atoms. The second-order valence-corrected chi connectivity index (χ2v) is 7.51. The molecule has 1 aromatic carbocycles. The molecule has 1 unspecified atom stereocenters. The molecule has 0 spiro atoms. The third-order valence-electron chi connectivity index (χ3n) is 2.69. The van der Waals surface area contributed by atoms with Crippen molar-refractivity contribution in [2.24, 2.45) is 0 Å². The molecular weight excluding hydrogens is 362 g/mol. The average Bonchev–Trinajstić information content (AvgIpc) is 2.37. The van der Waals surface area contributed by atoms with Gasteiger partial charge in [0.15, 0.2) is 9.84 Å². The summed E-state index contributed by atoms with van der Waals surface area (Å²) in [5.41, 5.74) is 0.566. The van der Waals surface area contributed by atoms with Crippen LogP contribution in [-0.2, 0) is 25.2 Å². The highest BCUT2D eigenvalue weighted by atomic mass is 79.9. The molecule has 0 aliphatic rings. The number of nitrogens with one attached hydrogen (secondary N) is 1. The summed E-state index contributed by atoms with van der Waals surface area (Å²) in [5, 5.41) is 11.0. The van der Waals surface area contributed by atoms with Crippen LogP contribution in [0.2, 0.25) is 0 Å². The van der Waals surface area contributed by atoms with Gasteiger partial charge in [0.1, 0.15) is 11.8 Å². The first-order chi connectivity index (χ1) is 9.73. The molecule has 0 radical (unpaired) electrons. The van der Waals surface area contributed by atoms with Crippen LogP contribution in [0.15, 0.2) is 28.7 Å². The van der Waals surface area contributed by atoms with E-state index in [-0.39, 0.29) is 12.2 Å². The number of hydrogen-bond acceptors (Lipinski definition) is 4. The van der Waals surface area contributed by atoms with Gasteiger partial charge < -0.3 is 10.4 Å². The van der Waals surface area contributed by atoms with Gasteiger partial charge in [0, 0.05) is 4.47 Å². The summed E-state index contributed by atoms with van der Waals surface area (Å²) in [6.45, 7) is 1.59. The molecule has 0 aliphatic carbocycles. The van der Waals surface area contributed by atoms with E-state index in [2.05, 4.69) is 21.2 Å². The molecule has 0 fully saturated rings. The Balaban J connectivity index is 2.65. The summed E-state index contributed by atoms with van der Waals surface area (Å²) in [4.78, 5) is 22.4. The zero-order chi connectivity index (χ0) is 16.0. The summed E-state index contributed by atoms with van der Waals surface area (Å²) < 4.78 is 24.7. The first-order valence-corrected chi connectivity index (χ1v) is 8.82. The predicted octanol–water partition coefficient (Wildman–Crippen LogP) is 1.34. The van der Waals surface area contributed by atoms with Crippen LogP contribution in [0, 0.1) is 0 Å². The van der Waals surface area contributed by atoms with Crippen molar-refractivity contribution in [3.05, 3.63) is 34.3 Å². The molecule has 1 amide bonds. The molecule has 116 valence electrons. The minimum absolute atomic E-state index is 0.188. The van der Waals surface area contributed by atoms with Crippen LogP contribution in [-0.4, -0.2) is 37.2 Å². The molecule has 0 saturated heterocycles. The monoisotopic (exact) mass is 377 g/mol. The zero-order valence-corrected chi connectivity index (χ0v) is 13.8. The number of benzene rings is 1. The number of carboxylic acid groups (broad SMARTS) is 1. The number of carboxylic acids is 1. The Morgan fingerprint density at radius 2 is 1.86 bits per heavy atom. The fourth-order valence-corrected chi connectivity index (χ4v) is 3.21. The molecular formula is C13H16BrNO5S. The fraction of sp³-hybridized carbons (Fsp3) is 0.385. The maximum absolute atomic E-state index is 11.9. The largest absolute Gasteiger partial charge is 0.480 e. The molecule has 0 bridgehead atoms. The van der Waals surface area contributed by atoms with Gasteiger partial charge in [-0.1, -0.05) is 35.0 Å². The first-order valence-electron chi connectivity index (χ1n) is 6.20. The van der Waals surface area contributed by atoms with E-state index in [4.69, 9.17) is 5.11 Å². The molecule has 6 nitrogen and oxygen atoms in total. The van der Waals surface area contributed by atoms with E-state index < -0.39 is 33.5 Å². The van der Waals surface area contributed by atoms with Gasteiger partial charge in [-0.25, -0.2) is 13.2 Å². The number of sulfone groups is 1. The number of aliphatic carboxylic acids is 1. The summed E-state index contributed by atoms with van der Waals surface area (Å²) in [6, 6.07) is 5.64. The summed E-state index contributed by atoms with van der Waals surface area (Å²) >= 11 is 3.24. The van der Waals surface area contributed by atoms with E-state index in [1.54, 1.807) is 31.2 Å². The number of hydrogen-bond donors (Lipinski definition) is 2. The average molecular weight is 378 g/mol. The number of carbonyl (C=O) groups excluding carboxylic acids is 1. The Hall–Kier alpha value is -1.41. The Morgan fingerprint density at radius 3 is 2.33 bits per heavy atom. The summed E-state index contributed by atoms with van der Waals surface area (Å²) in [7, 11) is -3.65. The van der Waals surface area contributed by atoms with Crippen molar-refractivity contribution < 1.29 is 23.1 Å². The van der Waals surface area contributed by atoms with E-state index in [0.717, 1.165) is 4.47 Å². The van der Waals surface area contributed by atoms with Gasteiger partial charge >= 0.3 is 5.97 Å². The molecule has 0 aromatic heterocycles. The second-order valence-electron chi connectivity index (χ2n) is 4.53. The quantitative estimate of drug-likeness (QED) is 0.746. The summed E-state index contributed by atoms with van der Waals surface area (Å²) in [6.07, 6.45) is 0.188.